The van der Waals surface area contributed by atoms with Crippen molar-refractivity contribution in [3.8, 4) is 11.5 Å². The number of phenolic OH excluding ortho intramolecular Hbond substituents is 2. The molecule has 0 spiro atoms. The monoisotopic (exact) mass is 338 g/mol. The maximum Gasteiger partial charge on any atom is 0.130 e. The van der Waals surface area contributed by atoms with E-state index in [0.717, 1.165) is 9.79 Å². The second-order valence-corrected chi connectivity index (χ2v) is 9.23. The maximum absolute atomic E-state index is 10.3. The molecule has 2 saturated carbocycles. The Morgan fingerprint density at radius 2 is 1.00 bits per heavy atom. The van der Waals surface area contributed by atoms with E-state index in [1.54, 1.807) is 35.7 Å². The summed E-state index contributed by atoms with van der Waals surface area (Å²) >= 11 is 3.48. The average Bonchev–Trinajstić information content (AvgIpc) is 2.54. The van der Waals surface area contributed by atoms with Crippen LogP contribution in [0.15, 0.2) is 21.9 Å². The topological polar surface area (TPSA) is 40.5 Å². The lowest BCUT2D eigenvalue weighted by Gasteiger charge is -2.23. The first-order valence-electron chi connectivity index (χ1n) is 8.61. The second-order valence-electron chi connectivity index (χ2n) is 6.54. The molecular formula is C18H26O2S2. The maximum atomic E-state index is 10.3. The van der Waals surface area contributed by atoms with Gasteiger partial charge in [0.2, 0.25) is 0 Å². The highest BCUT2D eigenvalue weighted by atomic mass is 32.2. The van der Waals surface area contributed by atoms with Gasteiger partial charge in [0.1, 0.15) is 11.5 Å². The van der Waals surface area contributed by atoms with Gasteiger partial charge < -0.3 is 10.2 Å². The minimum absolute atomic E-state index is 0.340. The van der Waals surface area contributed by atoms with Crippen LogP contribution in [0.2, 0.25) is 0 Å². The Hall–Kier alpha value is -0.480. The van der Waals surface area contributed by atoms with Gasteiger partial charge in [-0.05, 0) is 37.8 Å². The van der Waals surface area contributed by atoms with Gasteiger partial charge in [0.05, 0.1) is 9.79 Å². The Kier molecular flexibility index (Phi) is 5.86. The van der Waals surface area contributed by atoms with E-state index in [-0.39, 0.29) is 0 Å². The smallest absolute Gasteiger partial charge is 0.130 e. The van der Waals surface area contributed by atoms with E-state index in [9.17, 15) is 10.2 Å². The summed E-state index contributed by atoms with van der Waals surface area (Å²) in [6, 6.07) is 3.56. The van der Waals surface area contributed by atoms with E-state index in [1.807, 2.05) is 0 Å². The van der Waals surface area contributed by atoms with Crippen molar-refractivity contribution in [2.75, 3.05) is 0 Å². The van der Waals surface area contributed by atoms with Crippen molar-refractivity contribution in [3.63, 3.8) is 0 Å². The summed E-state index contributed by atoms with van der Waals surface area (Å²) in [5.74, 6) is 0.679. The number of benzene rings is 1. The van der Waals surface area contributed by atoms with Crippen LogP contribution in [0.4, 0.5) is 0 Å². The molecule has 0 aromatic heterocycles. The van der Waals surface area contributed by atoms with Gasteiger partial charge >= 0.3 is 0 Å². The van der Waals surface area contributed by atoms with Crippen molar-refractivity contribution in [2.24, 2.45) is 0 Å². The molecule has 0 saturated heterocycles. The number of phenols is 2. The molecule has 4 heteroatoms. The van der Waals surface area contributed by atoms with E-state index in [1.165, 1.54) is 64.2 Å². The quantitative estimate of drug-likeness (QED) is 0.666. The number of hydrogen-bond donors (Lipinski definition) is 2. The molecule has 0 atom stereocenters. The van der Waals surface area contributed by atoms with Crippen molar-refractivity contribution in [2.45, 2.75) is 84.5 Å². The summed E-state index contributed by atoms with van der Waals surface area (Å²) in [7, 11) is 0. The minimum Gasteiger partial charge on any atom is -0.507 e. The molecule has 22 heavy (non-hydrogen) atoms. The summed E-state index contributed by atoms with van der Waals surface area (Å²) in [4.78, 5) is 1.69. The highest BCUT2D eigenvalue weighted by molar-refractivity contribution is 8.00. The number of aromatic hydroxyl groups is 2. The molecule has 0 radical (unpaired) electrons. The Labute approximate surface area is 142 Å². The number of thioether (sulfide) groups is 2. The van der Waals surface area contributed by atoms with Gasteiger partial charge in [-0.1, -0.05) is 38.5 Å². The molecule has 0 amide bonds. The molecule has 2 aliphatic rings. The first-order valence-corrected chi connectivity index (χ1v) is 10.4. The predicted octanol–water partition coefficient (Wildman–Crippen LogP) is 5.95. The lowest BCUT2D eigenvalue weighted by molar-refractivity contribution is 0.437. The minimum atomic E-state index is 0.340. The van der Waals surface area contributed by atoms with Crippen molar-refractivity contribution in [1.82, 2.24) is 0 Å². The van der Waals surface area contributed by atoms with Crippen molar-refractivity contribution in [3.05, 3.63) is 12.1 Å². The molecule has 0 aliphatic heterocycles. The fourth-order valence-electron chi connectivity index (χ4n) is 3.45. The average molecular weight is 339 g/mol. The first kappa shape index (κ1) is 16.4. The molecule has 0 unspecified atom stereocenters. The Morgan fingerprint density at radius 1 is 0.636 bits per heavy atom. The van der Waals surface area contributed by atoms with Crippen LogP contribution in [0.25, 0.3) is 0 Å². The third-order valence-corrected chi connectivity index (χ3v) is 7.50. The Morgan fingerprint density at radius 3 is 1.36 bits per heavy atom. The van der Waals surface area contributed by atoms with Crippen molar-refractivity contribution < 1.29 is 10.2 Å². The van der Waals surface area contributed by atoms with Crippen LogP contribution in [0.3, 0.4) is 0 Å². The molecule has 0 bridgehead atoms. The molecule has 0 heterocycles. The van der Waals surface area contributed by atoms with Gasteiger partial charge in [0.25, 0.3) is 0 Å². The van der Waals surface area contributed by atoms with Gasteiger partial charge in [-0.2, -0.15) is 0 Å². The normalized spacial score (nSPS) is 21.1. The molecule has 2 fully saturated rings. The molecule has 2 N–H and O–H groups in total. The molecule has 122 valence electrons. The van der Waals surface area contributed by atoms with Gasteiger partial charge in [-0.3, -0.25) is 0 Å². The summed E-state index contributed by atoms with van der Waals surface area (Å²) in [5, 5.41) is 21.8. The summed E-state index contributed by atoms with van der Waals surface area (Å²) in [5.41, 5.74) is 0. The van der Waals surface area contributed by atoms with Crippen LogP contribution >= 0.6 is 23.5 Å². The van der Waals surface area contributed by atoms with E-state index < -0.39 is 0 Å². The van der Waals surface area contributed by atoms with Crippen LogP contribution in [0.1, 0.15) is 64.2 Å². The van der Waals surface area contributed by atoms with E-state index in [4.69, 9.17) is 0 Å². The third kappa shape index (κ3) is 4.29. The largest absolute Gasteiger partial charge is 0.507 e. The van der Waals surface area contributed by atoms with Gasteiger partial charge in [0.15, 0.2) is 0 Å². The molecule has 1 aromatic carbocycles. The predicted molar refractivity (Wildman–Crippen MR) is 95.2 cm³/mol. The standard InChI is InChI=1S/C18H26O2S2/c19-15-12-18(22-14-9-5-2-6-10-14)16(20)11-17(15)21-13-7-3-1-4-8-13/h11-14,19-20H,1-10H2. The zero-order valence-corrected chi connectivity index (χ0v) is 14.7. The summed E-state index contributed by atoms with van der Waals surface area (Å²) in [6.07, 6.45) is 12.7. The molecular weight excluding hydrogens is 312 g/mol. The van der Waals surface area contributed by atoms with E-state index in [0.29, 0.717) is 22.0 Å². The molecule has 2 aliphatic carbocycles. The Bertz CT molecular complexity index is 446. The van der Waals surface area contributed by atoms with Gasteiger partial charge in [-0.25, -0.2) is 0 Å². The fraction of sp³-hybridized carbons (Fsp3) is 0.667. The van der Waals surface area contributed by atoms with Gasteiger partial charge in [0, 0.05) is 10.5 Å². The second kappa shape index (κ2) is 7.87. The van der Waals surface area contributed by atoms with E-state index in [2.05, 4.69) is 0 Å². The first-order chi connectivity index (χ1) is 10.7. The van der Waals surface area contributed by atoms with Crippen LogP contribution in [-0.4, -0.2) is 20.7 Å². The molecule has 1 aromatic rings. The Balaban J connectivity index is 1.67. The van der Waals surface area contributed by atoms with Crippen LogP contribution in [0.5, 0.6) is 11.5 Å². The third-order valence-electron chi connectivity index (χ3n) is 4.73. The zero-order valence-electron chi connectivity index (χ0n) is 13.1. The van der Waals surface area contributed by atoms with Crippen LogP contribution < -0.4 is 0 Å². The van der Waals surface area contributed by atoms with Crippen LogP contribution in [-0.2, 0) is 0 Å². The van der Waals surface area contributed by atoms with Crippen molar-refractivity contribution in [1.29, 1.82) is 0 Å². The summed E-state index contributed by atoms with van der Waals surface area (Å²) < 4.78 is 0. The van der Waals surface area contributed by atoms with Crippen LogP contribution in [0, 0.1) is 0 Å². The lowest BCUT2D eigenvalue weighted by Crippen LogP contribution is -2.08. The zero-order chi connectivity index (χ0) is 15.4. The van der Waals surface area contributed by atoms with Crippen molar-refractivity contribution >= 4 is 23.5 Å². The highest BCUT2D eigenvalue weighted by Gasteiger charge is 2.20. The lowest BCUT2D eigenvalue weighted by atomic mass is 10.0. The SMILES string of the molecule is Oc1cc(SC2CCCCC2)c(O)cc1SC1CCCCC1. The highest BCUT2D eigenvalue weighted by Crippen LogP contribution is 2.45. The van der Waals surface area contributed by atoms with Gasteiger partial charge in [-0.15, -0.1) is 23.5 Å². The number of hydrogen-bond acceptors (Lipinski definition) is 4. The summed E-state index contributed by atoms with van der Waals surface area (Å²) in [6.45, 7) is 0. The molecule has 3 rings (SSSR count). The van der Waals surface area contributed by atoms with E-state index >= 15 is 0 Å². The fourth-order valence-corrected chi connectivity index (χ4v) is 6.03. The molecule has 2 nitrogen and oxygen atoms in total. The number of rotatable bonds is 4.